The van der Waals surface area contributed by atoms with Crippen LogP contribution in [0.15, 0.2) is 69.6 Å². The second-order valence-corrected chi connectivity index (χ2v) is 8.97. The van der Waals surface area contributed by atoms with E-state index < -0.39 is 11.2 Å². The number of aryl methyl sites for hydroxylation is 1. The predicted molar refractivity (Wildman–Crippen MR) is 145 cm³/mol. The van der Waals surface area contributed by atoms with Crippen LogP contribution in [0.3, 0.4) is 0 Å². The van der Waals surface area contributed by atoms with Gasteiger partial charge in [0.05, 0.1) is 33.5 Å². The number of pyridine rings is 3. The van der Waals surface area contributed by atoms with Crippen molar-refractivity contribution >= 4 is 33.3 Å². The Bertz CT molecular complexity index is 1860. The van der Waals surface area contributed by atoms with Gasteiger partial charge in [0.1, 0.15) is 5.52 Å². The van der Waals surface area contributed by atoms with E-state index in [1.807, 2.05) is 31.2 Å². The largest absolute Gasteiger partial charge is 0.369 e. The summed E-state index contributed by atoms with van der Waals surface area (Å²) in [6.45, 7) is 5.03. The van der Waals surface area contributed by atoms with Crippen LogP contribution < -0.4 is 21.5 Å². The molecule has 188 valence electrons. The maximum absolute atomic E-state index is 13.3. The van der Waals surface area contributed by atoms with Crippen molar-refractivity contribution in [3.63, 3.8) is 0 Å². The maximum Gasteiger partial charge on any atom is 0.333 e. The van der Waals surface area contributed by atoms with Gasteiger partial charge >= 0.3 is 5.69 Å². The molecule has 5 heterocycles. The van der Waals surface area contributed by atoms with E-state index >= 15 is 0 Å². The SMILES string of the molecule is Cc1ccc(-c2ccc3ncc4c(=O)[nH]c(=O)n(-c5ccc(N6CCNCC6)c(N=[N+]=[N-])c5)c4c3n2)cn1. The molecule has 1 saturated heterocycles. The zero-order valence-electron chi connectivity index (χ0n) is 20.4. The van der Waals surface area contributed by atoms with Crippen molar-refractivity contribution in [1.82, 2.24) is 29.8 Å². The highest BCUT2D eigenvalue weighted by molar-refractivity contribution is 6.01. The summed E-state index contributed by atoms with van der Waals surface area (Å²) in [5, 5.41) is 7.42. The standard InChI is InChI=1S/C26H22N10O2/c1-15-2-3-16(13-29-15)19-5-6-20-23(31-19)24-18(14-30-20)25(37)32-26(38)36(24)17-4-7-22(21(12-17)33-34-27)35-10-8-28-9-11-35/h2-7,12-14,28H,8-11H2,1H3,(H,32,37,38). The number of nitrogens with zero attached hydrogens (tertiary/aromatic N) is 8. The lowest BCUT2D eigenvalue weighted by Crippen LogP contribution is -2.43. The molecule has 12 nitrogen and oxygen atoms in total. The number of anilines is 1. The maximum atomic E-state index is 13.3. The van der Waals surface area contributed by atoms with Crippen molar-refractivity contribution < 1.29 is 0 Å². The first-order valence-corrected chi connectivity index (χ1v) is 12.1. The van der Waals surface area contributed by atoms with Crippen molar-refractivity contribution in [1.29, 1.82) is 0 Å². The van der Waals surface area contributed by atoms with Crippen molar-refractivity contribution in [2.45, 2.75) is 6.92 Å². The van der Waals surface area contributed by atoms with Crippen LogP contribution in [0.5, 0.6) is 0 Å². The number of aromatic amines is 1. The van der Waals surface area contributed by atoms with Gasteiger partial charge < -0.3 is 10.2 Å². The lowest BCUT2D eigenvalue weighted by molar-refractivity contribution is 0.589. The summed E-state index contributed by atoms with van der Waals surface area (Å²) in [4.78, 5) is 47.2. The molecule has 12 heteroatoms. The first-order valence-electron chi connectivity index (χ1n) is 12.1. The van der Waals surface area contributed by atoms with Gasteiger partial charge in [-0.2, -0.15) is 0 Å². The van der Waals surface area contributed by atoms with Crippen LogP contribution in [0.2, 0.25) is 0 Å². The van der Waals surface area contributed by atoms with Gasteiger partial charge in [-0.25, -0.2) is 9.78 Å². The number of hydrogen-bond acceptors (Lipinski definition) is 8. The Morgan fingerprint density at radius 3 is 2.63 bits per heavy atom. The van der Waals surface area contributed by atoms with E-state index in [-0.39, 0.29) is 5.39 Å². The van der Waals surface area contributed by atoms with Crippen LogP contribution >= 0.6 is 0 Å². The summed E-state index contributed by atoms with van der Waals surface area (Å²) in [5.74, 6) is 0. The van der Waals surface area contributed by atoms with Gasteiger partial charge in [0.2, 0.25) is 0 Å². The number of piperazine rings is 1. The Morgan fingerprint density at radius 1 is 1.03 bits per heavy atom. The van der Waals surface area contributed by atoms with Crippen LogP contribution in [0, 0.1) is 6.92 Å². The molecule has 0 bridgehead atoms. The number of aromatic nitrogens is 5. The molecule has 0 aliphatic carbocycles. The van der Waals surface area contributed by atoms with E-state index in [0.29, 0.717) is 33.6 Å². The van der Waals surface area contributed by atoms with Crippen molar-refractivity contribution in [3.05, 3.63) is 91.8 Å². The molecule has 1 aromatic carbocycles. The number of H-pyrrole nitrogens is 1. The molecule has 0 atom stereocenters. The van der Waals surface area contributed by atoms with Crippen LogP contribution in [-0.2, 0) is 0 Å². The molecule has 2 N–H and O–H groups in total. The van der Waals surface area contributed by atoms with Gasteiger partial charge in [0, 0.05) is 60.4 Å². The summed E-state index contributed by atoms with van der Waals surface area (Å²) in [6, 6.07) is 12.7. The number of rotatable bonds is 4. The van der Waals surface area contributed by atoms with Gasteiger partial charge in [0.25, 0.3) is 5.56 Å². The first-order chi connectivity index (χ1) is 18.5. The fourth-order valence-electron chi connectivity index (χ4n) is 4.75. The van der Waals surface area contributed by atoms with Crippen molar-refractivity contribution in [2.75, 3.05) is 31.1 Å². The minimum Gasteiger partial charge on any atom is -0.369 e. The molecule has 38 heavy (non-hydrogen) atoms. The molecule has 0 radical (unpaired) electrons. The number of azide groups is 1. The fraction of sp³-hybridized carbons (Fsp3) is 0.192. The Hall–Kier alpha value is -5.06. The minimum absolute atomic E-state index is 0.209. The van der Waals surface area contributed by atoms with E-state index in [9.17, 15) is 15.1 Å². The van der Waals surface area contributed by atoms with Gasteiger partial charge in [0.15, 0.2) is 0 Å². The van der Waals surface area contributed by atoms with Crippen LogP contribution in [0.1, 0.15) is 5.69 Å². The second kappa shape index (κ2) is 9.43. The van der Waals surface area contributed by atoms with Gasteiger partial charge in [-0.3, -0.25) is 24.3 Å². The predicted octanol–water partition coefficient (Wildman–Crippen LogP) is 3.34. The topological polar surface area (TPSA) is 158 Å². The molecule has 1 aliphatic heterocycles. The molecule has 6 rings (SSSR count). The Kier molecular flexibility index (Phi) is 5.79. The minimum atomic E-state index is -0.638. The highest BCUT2D eigenvalue weighted by Crippen LogP contribution is 2.33. The van der Waals surface area contributed by atoms with E-state index in [0.717, 1.165) is 43.1 Å². The number of benzene rings is 1. The summed E-state index contributed by atoms with van der Waals surface area (Å²) in [7, 11) is 0. The summed E-state index contributed by atoms with van der Waals surface area (Å²) in [5.41, 5.74) is 13.2. The number of fused-ring (bicyclic) bond motifs is 3. The normalized spacial score (nSPS) is 13.6. The van der Waals surface area contributed by atoms with Gasteiger partial charge in [-0.15, -0.1) is 0 Å². The van der Waals surface area contributed by atoms with Crippen LogP contribution in [-0.4, -0.2) is 50.7 Å². The third-order valence-electron chi connectivity index (χ3n) is 6.61. The molecule has 0 spiro atoms. The molecule has 1 fully saturated rings. The lowest BCUT2D eigenvalue weighted by Gasteiger charge is -2.30. The molecule has 0 unspecified atom stereocenters. The Morgan fingerprint density at radius 2 is 1.87 bits per heavy atom. The smallest absolute Gasteiger partial charge is 0.333 e. The highest BCUT2D eigenvalue weighted by Gasteiger charge is 2.19. The molecular formula is C26H22N10O2. The van der Waals surface area contributed by atoms with E-state index in [1.54, 1.807) is 24.4 Å². The van der Waals surface area contributed by atoms with Gasteiger partial charge in [-0.05, 0) is 54.9 Å². The quantitative estimate of drug-likeness (QED) is 0.164. The Balaban J connectivity index is 1.62. The molecule has 4 aromatic heterocycles. The molecule has 0 saturated carbocycles. The Labute approximate surface area is 215 Å². The van der Waals surface area contributed by atoms with E-state index in [4.69, 9.17) is 4.98 Å². The third kappa shape index (κ3) is 4.03. The van der Waals surface area contributed by atoms with Gasteiger partial charge in [-0.1, -0.05) is 5.11 Å². The lowest BCUT2D eigenvalue weighted by atomic mass is 10.1. The molecule has 0 amide bonds. The number of hydrogen-bond donors (Lipinski definition) is 2. The zero-order chi connectivity index (χ0) is 26.2. The highest BCUT2D eigenvalue weighted by atomic mass is 16.2. The summed E-state index contributed by atoms with van der Waals surface area (Å²) in [6.07, 6.45) is 3.16. The average molecular weight is 507 g/mol. The summed E-state index contributed by atoms with van der Waals surface area (Å²) >= 11 is 0. The van der Waals surface area contributed by atoms with E-state index in [1.165, 1.54) is 10.8 Å². The second-order valence-electron chi connectivity index (χ2n) is 8.97. The monoisotopic (exact) mass is 506 g/mol. The molecule has 1 aliphatic rings. The van der Waals surface area contributed by atoms with Crippen molar-refractivity contribution in [2.24, 2.45) is 5.11 Å². The van der Waals surface area contributed by atoms with Crippen LogP contribution in [0.25, 0.3) is 49.3 Å². The van der Waals surface area contributed by atoms with Crippen molar-refractivity contribution in [3.8, 4) is 16.9 Å². The fourth-order valence-corrected chi connectivity index (χ4v) is 4.75. The summed E-state index contributed by atoms with van der Waals surface area (Å²) < 4.78 is 1.38. The van der Waals surface area contributed by atoms with E-state index in [2.05, 4.69) is 35.2 Å². The zero-order valence-corrected chi connectivity index (χ0v) is 20.4. The first kappa shape index (κ1) is 23.3. The molecule has 5 aromatic rings. The third-order valence-corrected chi connectivity index (χ3v) is 6.61. The number of nitrogens with one attached hydrogen (secondary N) is 2. The molecular weight excluding hydrogens is 484 g/mol. The average Bonchev–Trinajstić information content (AvgIpc) is 2.94. The van der Waals surface area contributed by atoms with Crippen LogP contribution in [0.4, 0.5) is 11.4 Å².